The Hall–Kier alpha value is -2.09. The average Bonchev–Trinajstić information content (AvgIpc) is 2.38. The zero-order valence-electron chi connectivity index (χ0n) is 9.81. The Bertz CT molecular complexity index is 506. The molecular formula is C15H15NO. The summed E-state index contributed by atoms with van der Waals surface area (Å²) in [6, 6.07) is 15.9. The van der Waals surface area contributed by atoms with Crippen LogP contribution in [0.4, 0.5) is 5.69 Å². The first-order valence-corrected chi connectivity index (χ1v) is 5.63. The van der Waals surface area contributed by atoms with Crippen molar-refractivity contribution in [2.75, 3.05) is 5.32 Å². The zero-order chi connectivity index (χ0) is 12.1. The van der Waals surface area contributed by atoms with Gasteiger partial charge in [0.1, 0.15) is 0 Å². The molecule has 0 amide bonds. The van der Waals surface area contributed by atoms with Crippen LogP contribution >= 0.6 is 0 Å². The van der Waals surface area contributed by atoms with Crippen LogP contribution < -0.4 is 5.32 Å². The molecule has 2 rings (SSSR count). The van der Waals surface area contributed by atoms with Crippen LogP contribution in [-0.2, 0) is 6.54 Å². The summed E-state index contributed by atoms with van der Waals surface area (Å²) in [6.07, 6.45) is 0.882. The van der Waals surface area contributed by atoms with Crippen molar-refractivity contribution in [3.05, 3.63) is 65.2 Å². The number of rotatable bonds is 4. The van der Waals surface area contributed by atoms with E-state index in [-0.39, 0.29) is 0 Å². The molecular weight excluding hydrogens is 210 g/mol. The van der Waals surface area contributed by atoms with Gasteiger partial charge in [-0.05, 0) is 30.2 Å². The normalized spacial score (nSPS) is 9.94. The molecule has 2 aromatic carbocycles. The number of benzene rings is 2. The Morgan fingerprint density at radius 3 is 2.59 bits per heavy atom. The fraction of sp³-hybridized carbons (Fsp3) is 0.133. The van der Waals surface area contributed by atoms with Gasteiger partial charge in [0.25, 0.3) is 0 Å². The van der Waals surface area contributed by atoms with Crippen LogP contribution in [0.1, 0.15) is 21.5 Å². The van der Waals surface area contributed by atoms with Crippen molar-refractivity contribution in [1.29, 1.82) is 0 Å². The largest absolute Gasteiger partial charge is 0.380 e. The number of aryl methyl sites for hydroxylation is 1. The van der Waals surface area contributed by atoms with E-state index < -0.39 is 0 Å². The summed E-state index contributed by atoms with van der Waals surface area (Å²) in [6.45, 7) is 2.74. The van der Waals surface area contributed by atoms with Crippen LogP contribution in [0.25, 0.3) is 0 Å². The lowest BCUT2D eigenvalue weighted by atomic mass is 10.1. The molecule has 0 radical (unpaired) electrons. The van der Waals surface area contributed by atoms with Crippen LogP contribution in [0.15, 0.2) is 48.5 Å². The highest BCUT2D eigenvalue weighted by atomic mass is 16.1. The van der Waals surface area contributed by atoms with Crippen molar-refractivity contribution in [2.24, 2.45) is 0 Å². The first-order chi connectivity index (χ1) is 8.29. The van der Waals surface area contributed by atoms with E-state index in [2.05, 4.69) is 17.4 Å². The van der Waals surface area contributed by atoms with Crippen LogP contribution in [0, 0.1) is 6.92 Å². The summed E-state index contributed by atoms with van der Waals surface area (Å²) in [7, 11) is 0. The summed E-state index contributed by atoms with van der Waals surface area (Å²) in [4.78, 5) is 10.9. The maximum Gasteiger partial charge on any atom is 0.152 e. The Balaban J connectivity index is 2.13. The summed E-state index contributed by atoms with van der Waals surface area (Å²) in [5, 5.41) is 3.29. The molecule has 0 saturated heterocycles. The lowest BCUT2D eigenvalue weighted by Crippen LogP contribution is -2.02. The minimum Gasteiger partial charge on any atom is -0.380 e. The van der Waals surface area contributed by atoms with Crippen LogP contribution in [-0.4, -0.2) is 6.29 Å². The highest BCUT2D eigenvalue weighted by molar-refractivity contribution is 5.84. The highest BCUT2D eigenvalue weighted by Crippen LogP contribution is 2.16. The molecule has 2 heteroatoms. The molecule has 0 fully saturated rings. The Morgan fingerprint density at radius 1 is 1.12 bits per heavy atom. The van der Waals surface area contributed by atoms with Crippen molar-refractivity contribution < 1.29 is 4.79 Å². The number of nitrogens with one attached hydrogen (secondary N) is 1. The molecule has 0 heterocycles. The van der Waals surface area contributed by atoms with E-state index in [1.807, 2.05) is 43.3 Å². The highest BCUT2D eigenvalue weighted by Gasteiger charge is 2.01. The van der Waals surface area contributed by atoms with Gasteiger partial charge in [-0.15, -0.1) is 0 Å². The summed E-state index contributed by atoms with van der Waals surface area (Å²) >= 11 is 0. The van der Waals surface area contributed by atoms with E-state index in [0.29, 0.717) is 5.56 Å². The molecule has 0 saturated carbocycles. The van der Waals surface area contributed by atoms with Gasteiger partial charge >= 0.3 is 0 Å². The van der Waals surface area contributed by atoms with Gasteiger partial charge in [0.2, 0.25) is 0 Å². The first kappa shape index (κ1) is 11.4. The molecule has 0 spiro atoms. The van der Waals surface area contributed by atoms with E-state index in [1.165, 1.54) is 5.56 Å². The minimum atomic E-state index is 0.700. The summed E-state index contributed by atoms with van der Waals surface area (Å²) < 4.78 is 0. The third kappa shape index (κ3) is 2.94. The minimum absolute atomic E-state index is 0.700. The molecule has 0 atom stereocenters. The number of hydrogen-bond donors (Lipinski definition) is 1. The Kier molecular flexibility index (Phi) is 3.55. The third-order valence-electron chi connectivity index (χ3n) is 2.66. The maximum absolute atomic E-state index is 10.9. The van der Waals surface area contributed by atoms with Gasteiger partial charge in [0, 0.05) is 17.8 Å². The number of carbonyl (C=O) groups is 1. The molecule has 2 nitrogen and oxygen atoms in total. The molecule has 17 heavy (non-hydrogen) atoms. The first-order valence-electron chi connectivity index (χ1n) is 5.63. The molecule has 2 aromatic rings. The predicted molar refractivity (Wildman–Crippen MR) is 70.3 cm³/mol. The average molecular weight is 225 g/mol. The van der Waals surface area contributed by atoms with Crippen LogP contribution in [0.2, 0.25) is 0 Å². The predicted octanol–water partition coefficient (Wildman–Crippen LogP) is 3.42. The van der Waals surface area contributed by atoms with Crippen LogP contribution in [0.3, 0.4) is 0 Å². The molecule has 86 valence electrons. The summed E-state index contributed by atoms with van der Waals surface area (Å²) in [5.41, 5.74) is 3.94. The molecule has 0 aliphatic carbocycles. The maximum atomic E-state index is 10.9. The molecule has 0 aliphatic rings. The van der Waals surface area contributed by atoms with Crippen molar-refractivity contribution in [2.45, 2.75) is 13.5 Å². The van der Waals surface area contributed by atoms with Gasteiger partial charge in [-0.2, -0.15) is 0 Å². The number of hydrogen-bond acceptors (Lipinski definition) is 2. The quantitative estimate of drug-likeness (QED) is 0.808. The number of carbonyl (C=O) groups excluding carboxylic acids is 1. The van der Waals surface area contributed by atoms with E-state index in [0.717, 1.165) is 24.1 Å². The topological polar surface area (TPSA) is 29.1 Å². The lowest BCUT2D eigenvalue weighted by Gasteiger charge is -2.09. The molecule has 0 aromatic heterocycles. The standard InChI is InChI=1S/C15H15NO/c1-12-7-8-14(11-17)15(9-12)16-10-13-5-3-2-4-6-13/h2-9,11,16H,10H2,1H3. The van der Waals surface area contributed by atoms with E-state index in [1.54, 1.807) is 0 Å². The molecule has 0 unspecified atom stereocenters. The molecule has 1 N–H and O–H groups in total. The van der Waals surface area contributed by atoms with Crippen molar-refractivity contribution in [3.63, 3.8) is 0 Å². The fourth-order valence-electron chi connectivity index (χ4n) is 1.72. The second kappa shape index (κ2) is 5.30. The van der Waals surface area contributed by atoms with Gasteiger partial charge in [-0.25, -0.2) is 0 Å². The second-order valence-corrected chi connectivity index (χ2v) is 4.05. The van der Waals surface area contributed by atoms with Gasteiger partial charge in [-0.3, -0.25) is 4.79 Å². The molecule has 0 aliphatic heterocycles. The zero-order valence-corrected chi connectivity index (χ0v) is 9.81. The van der Waals surface area contributed by atoms with Gasteiger partial charge < -0.3 is 5.32 Å². The van der Waals surface area contributed by atoms with E-state index in [9.17, 15) is 4.79 Å². The van der Waals surface area contributed by atoms with Crippen molar-refractivity contribution in [3.8, 4) is 0 Å². The Morgan fingerprint density at radius 2 is 1.88 bits per heavy atom. The lowest BCUT2D eigenvalue weighted by molar-refractivity contribution is 0.112. The second-order valence-electron chi connectivity index (χ2n) is 4.05. The SMILES string of the molecule is Cc1ccc(C=O)c(NCc2ccccc2)c1. The Labute approximate surface area is 101 Å². The number of aldehydes is 1. The number of anilines is 1. The van der Waals surface area contributed by atoms with Crippen molar-refractivity contribution in [1.82, 2.24) is 0 Å². The van der Waals surface area contributed by atoms with Gasteiger partial charge in [-0.1, -0.05) is 36.4 Å². The van der Waals surface area contributed by atoms with Gasteiger partial charge in [0.05, 0.1) is 0 Å². The molecule has 0 bridgehead atoms. The fourth-order valence-corrected chi connectivity index (χ4v) is 1.72. The van der Waals surface area contributed by atoms with Crippen molar-refractivity contribution >= 4 is 12.0 Å². The van der Waals surface area contributed by atoms with Crippen LogP contribution in [0.5, 0.6) is 0 Å². The summed E-state index contributed by atoms with van der Waals surface area (Å²) in [5.74, 6) is 0. The third-order valence-corrected chi connectivity index (χ3v) is 2.66. The van der Waals surface area contributed by atoms with Gasteiger partial charge in [0.15, 0.2) is 6.29 Å². The monoisotopic (exact) mass is 225 g/mol. The smallest absolute Gasteiger partial charge is 0.152 e. The van der Waals surface area contributed by atoms with E-state index in [4.69, 9.17) is 0 Å². The van der Waals surface area contributed by atoms with E-state index >= 15 is 0 Å².